The average Bonchev–Trinajstić information content (AvgIpc) is 2.73. The quantitative estimate of drug-likeness (QED) is 0.772. The molecule has 0 saturated heterocycles. The van der Waals surface area contributed by atoms with E-state index in [2.05, 4.69) is 31.2 Å². The molecule has 0 aliphatic heterocycles. The van der Waals surface area contributed by atoms with Crippen molar-refractivity contribution in [3.05, 3.63) is 35.4 Å². The van der Waals surface area contributed by atoms with E-state index < -0.39 is 0 Å². The SMILES string of the molecule is CCCOCC(N)C1CCc2ccccc21. The van der Waals surface area contributed by atoms with Gasteiger partial charge in [-0.15, -0.1) is 0 Å². The molecule has 2 N–H and O–H groups in total. The Morgan fingerprint density at radius 2 is 2.25 bits per heavy atom. The Bertz CT molecular complexity index is 337. The molecule has 0 aromatic heterocycles. The maximum Gasteiger partial charge on any atom is 0.0623 e. The first-order chi connectivity index (χ1) is 7.83. The highest BCUT2D eigenvalue weighted by Gasteiger charge is 2.27. The molecule has 0 saturated carbocycles. The average molecular weight is 219 g/mol. The number of hydrogen-bond acceptors (Lipinski definition) is 2. The predicted octanol–water partition coefficient (Wildman–Crippen LogP) is 2.47. The lowest BCUT2D eigenvalue weighted by atomic mass is 9.94. The molecule has 1 aliphatic rings. The van der Waals surface area contributed by atoms with Crippen LogP contribution in [0, 0.1) is 0 Å². The highest BCUT2D eigenvalue weighted by atomic mass is 16.5. The van der Waals surface area contributed by atoms with Gasteiger partial charge in [0.2, 0.25) is 0 Å². The summed E-state index contributed by atoms with van der Waals surface area (Å²) in [6.07, 6.45) is 3.41. The highest BCUT2D eigenvalue weighted by molar-refractivity contribution is 5.35. The molecule has 1 aromatic carbocycles. The van der Waals surface area contributed by atoms with Gasteiger partial charge in [0, 0.05) is 18.6 Å². The fourth-order valence-electron chi connectivity index (χ4n) is 2.51. The van der Waals surface area contributed by atoms with Gasteiger partial charge in [0.1, 0.15) is 0 Å². The molecule has 2 rings (SSSR count). The van der Waals surface area contributed by atoms with Crippen molar-refractivity contribution >= 4 is 0 Å². The van der Waals surface area contributed by atoms with E-state index in [9.17, 15) is 0 Å². The van der Waals surface area contributed by atoms with Crippen molar-refractivity contribution in [2.24, 2.45) is 5.73 Å². The van der Waals surface area contributed by atoms with Gasteiger partial charge in [0.15, 0.2) is 0 Å². The summed E-state index contributed by atoms with van der Waals surface area (Å²) in [4.78, 5) is 0. The van der Waals surface area contributed by atoms with E-state index in [1.54, 1.807) is 0 Å². The standard InChI is InChI=1S/C14H21NO/c1-2-9-16-10-14(15)13-8-7-11-5-3-4-6-12(11)13/h3-6,13-14H,2,7-10,15H2,1H3. The van der Waals surface area contributed by atoms with Crippen molar-refractivity contribution in [2.75, 3.05) is 13.2 Å². The fraction of sp³-hybridized carbons (Fsp3) is 0.571. The normalized spacial score (nSPS) is 20.8. The zero-order valence-corrected chi connectivity index (χ0v) is 9.99. The van der Waals surface area contributed by atoms with Gasteiger partial charge in [-0.05, 0) is 30.4 Å². The summed E-state index contributed by atoms with van der Waals surface area (Å²) in [5, 5.41) is 0. The second-order valence-corrected chi connectivity index (χ2v) is 4.58. The second kappa shape index (κ2) is 5.46. The van der Waals surface area contributed by atoms with E-state index in [1.807, 2.05) is 0 Å². The number of rotatable bonds is 5. The fourth-order valence-corrected chi connectivity index (χ4v) is 2.51. The lowest BCUT2D eigenvalue weighted by Gasteiger charge is -2.20. The second-order valence-electron chi connectivity index (χ2n) is 4.58. The third-order valence-electron chi connectivity index (χ3n) is 3.35. The minimum atomic E-state index is 0.148. The zero-order valence-electron chi connectivity index (χ0n) is 9.99. The van der Waals surface area contributed by atoms with E-state index in [0.717, 1.165) is 13.0 Å². The summed E-state index contributed by atoms with van der Waals surface area (Å²) in [7, 11) is 0. The Morgan fingerprint density at radius 3 is 3.06 bits per heavy atom. The van der Waals surface area contributed by atoms with Crippen LogP contribution >= 0.6 is 0 Å². The molecule has 16 heavy (non-hydrogen) atoms. The maximum absolute atomic E-state index is 6.21. The largest absolute Gasteiger partial charge is 0.380 e. The molecule has 1 aliphatic carbocycles. The molecule has 2 nitrogen and oxygen atoms in total. The monoisotopic (exact) mass is 219 g/mol. The van der Waals surface area contributed by atoms with Crippen molar-refractivity contribution < 1.29 is 4.74 Å². The molecular weight excluding hydrogens is 198 g/mol. The molecule has 0 amide bonds. The number of ether oxygens (including phenoxy) is 1. The van der Waals surface area contributed by atoms with Crippen molar-refractivity contribution in [1.29, 1.82) is 0 Å². The summed E-state index contributed by atoms with van der Waals surface area (Å²) < 4.78 is 5.55. The van der Waals surface area contributed by atoms with Crippen LogP contribution in [0.1, 0.15) is 36.8 Å². The van der Waals surface area contributed by atoms with Gasteiger partial charge in [-0.25, -0.2) is 0 Å². The highest BCUT2D eigenvalue weighted by Crippen LogP contribution is 2.34. The van der Waals surface area contributed by atoms with E-state index in [4.69, 9.17) is 10.5 Å². The van der Waals surface area contributed by atoms with Crippen LogP contribution in [0.25, 0.3) is 0 Å². The Hall–Kier alpha value is -0.860. The molecule has 0 spiro atoms. The van der Waals surface area contributed by atoms with Crippen molar-refractivity contribution in [3.63, 3.8) is 0 Å². The van der Waals surface area contributed by atoms with Crippen LogP contribution in [-0.4, -0.2) is 19.3 Å². The van der Waals surface area contributed by atoms with E-state index in [-0.39, 0.29) is 6.04 Å². The summed E-state index contributed by atoms with van der Waals surface area (Å²) in [6.45, 7) is 3.63. The van der Waals surface area contributed by atoms with Gasteiger partial charge in [-0.1, -0.05) is 31.2 Å². The van der Waals surface area contributed by atoms with Crippen LogP contribution in [0.2, 0.25) is 0 Å². The van der Waals surface area contributed by atoms with Gasteiger partial charge < -0.3 is 10.5 Å². The van der Waals surface area contributed by atoms with Gasteiger partial charge in [-0.2, -0.15) is 0 Å². The zero-order chi connectivity index (χ0) is 11.4. The predicted molar refractivity (Wildman–Crippen MR) is 66.6 cm³/mol. The van der Waals surface area contributed by atoms with Crippen LogP contribution in [0.4, 0.5) is 0 Å². The lowest BCUT2D eigenvalue weighted by molar-refractivity contribution is 0.114. The minimum Gasteiger partial charge on any atom is -0.380 e. The van der Waals surface area contributed by atoms with Crippen LogP contribution < -0.4 is 5.73 Å². The summed E-state index contributed by atoms with van der Waals surface area (Å²) >= 11 is 0. The molecule has 0 radical (unpaired) electrons. The Kier molecular flexibility index (Phi) is 3.97. The summed E-state index contributed by atoms with van der Waals surface area (Å²) in [5.74, 6) is 0.494. The molecule has 2 unspecified atom stereocenters. The molecule has 88 valence electrons. The molecular formula is C14H21NO. The molecule has 0 bridgehead atoms. The third-order valence-corrected chi connectivity index (χ3v) is 3.35. The van der Waals surface area contributed by atoms with Gasteiger partial charge in [0.05, 0.1) is 6.61 Å². The van der Waals surface area contributed by atoms with Crippen LogP contribution in [0.3, 0.4) is 0 Å². The van der Waals surface area contributed by atoms with E-state index in [0.29, 0.717) is 12.5 Å². The number of aryl methyl sites for hydroxylation is 1. The molecule has 2 heteroatoms. The first-order valence-corrected chi connectivity index (χ1v) is 6.24. The maximum atomic E-state index is 6.21. The van der Waals surface area contributed by atoms with Crippen molar-refractivity contribution in [3.8, 4) is 0 Å². The van der Waals surface area contributed by atoms with Crippen LogP contribution in [-0.2, 0) is 11.2 Å². The van der Waals surface area contributed by atoms with Gasteiger partial charge in [0.25, 0.3) is 0 Å². The number of hydrogen-bond donors (Lipinski definition) is 1. The van der Waals surface area contributed by atoms with Gasteiger partial charge >= 0.3 is 0 Å². The number of fused-ring (bicyclic) bond motifs is 1. The summed E-state index contributed by atoms with van der Waals surface area (Å²) in [5.41, 5.74) is 9.12. The number of nitrogens with two attached hydrogens (primary N) is 1. The molecule has 0 heterocycles. The van der Waals surface area contributed by atoms with E-state index >= 15 is 0 Å². The minimum absolute atomic E-state index is 0.148. The Morgan fingerprint density at radius 1 is 1.44 bits per heavy atom. The molecule has 2 atom stereocenters. The smallest absolute Gasteiger partial charge is 0.0623 e. The topological polar surface area (TPSA) is 35.2 Å². The van der Waals surface area contributed by atoms with Crippen LogP contribution in [0.5, 0.6) is 0 Å². The first-order valence-electron chi connectivity index (χ1n) is 6.24. The Balaban J connectivity index is 1.96. The Labute approximate surface area is 97.8 Å². The lowest BCUT2D eigenvalue weighted by Crippen LogP contribution is -2.32. The number of benzene rings is 1. The molecule has 1 aromatic rings. The van der Waals surface area contributed by atoms with E-state index in [1.165, 1.54) is 24.0 Å². The van der Waals surface area contributed by atoms with Gasteiger partial charge in [-0.3, -0.25) is 0 Å². The first kappa shape index (κ1) is 11.6. The third kappa shape index (κ3) is 2.45. The van der Waals surface area contributed by atoms with Crippen molar-refractivity contribution in [2.45, 2.75) is 38.1 Å². The van der Waals surface area contributed by atoms with Crippen LogP contribution in [0.15, 0.2) is 24.3 Å². The summed E-state index contributed by atoms with van der Waals surface area (Å²) in [6, 6.07) is 8.80. The van der Waals surface area contributed by atoms with Crippen molar-refractivity contribution in [1.82, 2.24) is 0 Å². The molecule has 0 fully saturated rings.